The lowest BCUT2D eigenvalue weighted by Crippen LogP contribution is -2.37. The van der Waals surface area contributed by atoms with Gasteiger partial charge in [0.15, 0.2) is 12.7 Å². The Morgan fingerprint density at radius 3 is 2.85 bits per heavy atom. The molecule has 0 amide bonds. The Morgan fingerprint density at radius 1 is 1.38 bits per heavy atom. The largest absolute Gasteiger partial charge is 0.451 e. The van der Waals surface area contributed by atoms with Crippen molar-refractivity contribution >= 4 is 11.9 Å². The molecule has 1 atom stereocenters. The molecule has 1 saturated heterocycles. The molecular formula is C8H13NO4. The summed E-state index contributed by atoms with van der Waals surface area (Å²) in [4.78, 5) is 21.7. The molecule has 0 radical (unpaired) electrons. The molecule has 5 heteroatoms. The van der Waals surface area contributed by atoms with Crippen LogP contribution in [0.3, 0.4) is 0 Å². The second-order valence-corrected chi connectivity index (χ2v) is 2.87. The van der Waals surface area contributed by atoms with E-state index in [-0.39, 0.29) is 6.61 Å². The number of rotatable bonds is 4. The van der Waals surface area contributed by atoms with E-state index in [0.717, 1.165) is 12.8 Å². The van der Waals surface area contributed by atoms with Crippen LogP contribution in [0.25, 0.3) is 0 Å². The molecule has 0 aromatic heterocycles. The van der Waals surface area contributed by atoms with Gasteiger partial charge in [0.1, 0.15) is 0 Å². The van der Waals surface area contributed by atoms with E-state index in [1.165, 1.54) is 0 Å². The van der Waals surface area contributed by atoms with Gasteiger partial charge in [0, 0.05) is 0 Å². The van der Waals surface area contributed by atoms with Gasteiger partial charge >= 0.3 is 11.9 Å². The van der Waals surface area contributed by atoms with Gasteiger partial charge in [-0.2, -0.15) is 0 Å². The van der Waals surface area contributed by atoms with Gasteiger partial charge in [-0.15, -0.1) is 0 Å². The second kappa shape index (κ2) is 4.81. The molecule has 1 unspecified atom stereocenters. The van der Waals surface area contributed by atoms with Crippen LogP contribution in [0.1, 0.15) is 19.3 Å². The van der Waals surface area contributed by atoms with Crippen LogP contribution in [0.5, 0.6) is 0 Å². The minimum Gasteiger partial charge on any atom is -0.451 e. The highest BCUT2D eigenvalue weighted by Gasteiger charge is 2.29. The Balaban J connectivity index is 2.29. The van der Waals surface area contributed by atoms with E-state index in [9.17, 15) is 9.59 Å². The van der Waals surface area contributed by atoms with Crippen molar-refractivity contribution in [2.45, 2.75) is 25.4 Å². The monoisotopic (exact) mass is 187 g/mol. The third-order valence-electron chi connectivity index (χ3n) is 1.79. The van der Waals surface area contributed by atoms with Gasteiger partial charge in [-0.25, -0.2) is 9.59 Å². The minimum atomic E-state index is -0.715. The number of hydrogen-bond donors (Lipinski definition) is 1. The van der Waals surface area contributed by atoms with Crippen molar-refractivity contribution in [2.24, 2.45) is 5.73 Å². The summed E-state index contributed by atoms with van der Waals surface area (Å²) in [7, 11) is 0. The maximum absolute atomic E-state index is 11.0. The zero-order valence-electron chi connectivity index (χ0n) is 7.32. The van der Waals surface area contributed by atoms with Gasteiger partial charge in [0.25, 0.3) is 0 Å². The average molecular weight is 187 g/mol. The van der Waals surface area contributed by atoms with E-state index < -0.39 is 18.0 Å². The predicted octanol–water partition coefficient (Wildman–Crippen LogP) is -0.416. The summed E-state index contributed by atoms with van der Waals surface area (Å²) >= 11 is 0. The fourth-order valence-electron chi connectivity index (χ4n) is 1.11. The lowest BCUT2D eigenvalue weighted by atomic mass is 10.1. The van der Waals surface area contributed by atoms with E-state index in [1.807, 2.05) is 0 Å². The number of cyclic esters (lactones) is 2. The summed E-state index contributed by atoms with van der Waals surface area (Å²) in [5.41, 5.74) is 5.28. The SMILES string of the molecule is NCCCCC1OC(=O)COC1=O. The molecule has 2 N–H and O–H groups in total. The number of hydrogen-bond acceptors (Lipinski definition) is 5. The second-order valence-electron chi connectivity index (χ2n) is 2.87. The Morgan fingerprint density at radius 2 is 2.15 bits per heavy atom. The van der Waals surface area contributed by atoms with E-state index in [1.54, 1.807) is 0 Å². The van der Waals surface area contributed by atoms with Crippen LogP contribution in [0, 0.1) is 0 Å². The molecule has 74 valence electrons. The Kier molecular flexibility index (Phi) is 3.70. The van der Waals surface area contributed by atoms with Crippen LogP contribution in [0.15, 0.2) is 0 Å². The van der Waals surface area contributed by atoms with Crippen LogP contribution >= 0.6 is 0 Å². The van der Waals surface area contributed by atoms with Gasteiger partial charge in [0.2, 0.25) is 0 Å². The highest BCUT2D eigenvalue weighted by Crippen LogP contribution is 2.11. The van der Waals surface area contributed by atoms with Gasteiger partial charge < -0.3 is 15.2 Å². The number of ether oxygens (including phenoxy) is 2. The molecule has 0 saturated carbocycles. The zero-order chi connectivity index (χ0) is 9.68. The van der Waals surface area contributed by atoms with Gasteiger partial charge in [0.05, 0.1) is 0 Å². The molecule has 0 aromatic rings. The fraction of sp³-hybridized carbons (Fsp3) is 0.750. The summed E-state index contributed by atoms with van der Waals surface area (Å²) in [6, 6.07) is 0. The highest BCUT2D eigenvalue weighted by atomic mass is 16.6. The molecule has 5 nitrogen and oxygen atoms in total. The first-order valence-corrected chi connectivity index (χ1v) is 4.30. The number of esters is 2. The van der Waals surface area contributed by atoms with Crippen LogP contribution < -0.4 is 5.73 Å². The summed E-state index contributed by atoms with van der Waals surface area (Å²) in [5, 5.41) is 0. The third-order valence-corrected chi connectivity index (χ3v) is 1.79. The first-order valence-electron chi connectivity index (χ1n) is 4.30. The maximum atomic E-state index is 11.0. The molecule has 0 spiro atoms. The smallest absolute Gasteiger partial charge is 0.348 e. The summed E-state index contributed by atoms with van der Waals surface area (Å²) in [5.74, 6) is -0.922. The number of nitrogens with two attached hydrogens (primary N) is 1. The lowest BCUT2D eigenvalue weighted by Gasteiger charge is -2.20. The molecule has 13 heavy (non-hydrogen) atoms. The van der Waals surface area contributed by atoms with Crippen LogP contribution in [0.4, 0.5) is 0 Å². The van der Waals surface area contributed by atoms with E-state index in [0.29, 0.717) is 13.0 Å². The molecule has 0 aliphatic carbocycles. The summed E-state index contributed by atoms with van der Waals surface area (Å²) in [6.45, 7) is 0.321. The van der Waals surface area contributed by atoms with Gasteiger partial charge in [-0.1, -0.05) is 0 Å². The summed E-state index contributed by atoms with van der Waals surface area (Å²) in [6.07, 6.45) is 1.37. The van der Waals surface area contributed by atoms with Crippen LogP contribution in [-0.4, -0.2) is 31.2 Å². The maximum Gasteiger partial charge on any atom is 0.348 e. The lowest BCUT2D eigenvalue weighted by molar-refractivity contribution is -0.185. The first kappa shape index (κ1) is 9.98. The van der Waals surface area contributed by atoms with Crippen molar-refractivity contribution in [1.82, 2.24) is 0 Å². The van der Waals surface area contributed by atoms with Crippen LogP contribution in [0.2, 0.25) is 0 Å². The summed E-state index contributed by atoms with van der Waals surface area (Å²) < 4.78 is 9.38. The predicted molar refractivity (Wildman–Crippen MR) is 43.7 cm³/mol. The standard InChI is InChI=1S/C8H13NO4/c9-4-2-1-3-6-8(11)12-5-7(10)13-6/h6H,1-5,9H2. The van der Waals surface area contributed by atoms with E-state index >= 15 is 0 Å². The zero-order valence-corrected chi connectivity index (χ0v) is 7.32. The molecule has 1 fully saturated rings. The molecule has 0 bridgehead atoms. The van der Waals surface area contributed by atoms with Crippen molar-refractivity contribution in [1.29, 1.82) is 0 Å². The number of carbonyl (C=O) groups excluding carboxylic acids is 2. The minimum absolute atomic E-state index is 0.258. The topological polar surface area (TPSA) is 78.6 Å². The van der Waals surface area contributed by atoms with Crippen molar-refractivity contribution < 1.29 is 19.1 Å². The normalized spacial score (nSPS) is 22.4. The first-order chi connectivity index (χ1) is 6.24. The van der Waals surface area contributed by atoms with Crippen molar-refractivity contribution in [3.63, 3.8) is 0 Å². The molecule has 1 rings (SSSR count). The highest BCUT2D eigenvalue weighted by molar-refractivity contribution is 5.85. The average Bonchev–Trinajstić information content (AvgIpc) is 2.11. The van der Waals surface area contributed by atoms with E-state index in [4.69, 9.17) is 10.5 Å². The van der Waals surface area contributed by atoms with Crippen molar-refractivity contribution in [2.75, 3.05) is 13.2 Å². The molecule has 1 heterocycles. The molecular weight excluding hydrogens is 174 g/mol. The number of carbonyl (C=O) groups is 2. The third kappa shape index (κ3) is 3.02. The van der Waals surface area contributed by atoms with Crippen LogP contribution in [-0.2, 0) is 19.1 Å². The van der Waals surface area contributed by atoms with Crippen molar-refractivity contribution in [3.05, 3.63) is 0 Å². The molecule has 1 aliphatic heterocycles. The fourth-order valence-corrected chi connectivity index (χ4v) is 1.11. The van der Waals surface area contributed by atoms with Crippen molar-refractivity contribution in [3.8, 4) is 0 Å². The number of unbranched alkanes of at least 4 members (excludes halogenated alkanes) is 1. The van der Waals surface area contributed by atoms with Gasteiger partial charge in [-0.3, -0.25) is 0 Å². The Labute approximate surface area is 76.2 Å². The quantitative estimate of drug-likeness (QED) is 0.478. The molecule has 0 aromatic carbocycles. The molecule has 1 aliphatic rings. The van der Waals surface area contributed by atoms with Gasteiger partial charge in [-0.05, 0) is 25.8 Å². The Hall–Kier alpha value is -1.10. The Bertz CT molecular complexity index is 204. The van der Waals surface area contributed by atoms with E-state index in [2.05, 4.69) is 4.74 Å².